The number of para-hydroxylation sites is 2. The first kappa shape index (κ1) is 28.0. The quantitative estimate of drug-likeness (QED) is 0.141. The maximum Gasteiger partial charge on any atom is 0.237 e. The number of amides is 2. The molecule has 2 heterocycles. The van der Waals surface area contributed by atoms with Gasteiger partial charge in [0.25, 0.3) is 0 Å². The molecule has 0 bridgehead atoms. The molecule has 2 amide bonds. The second-order valence-corrected chi connectivity index (χ2v) is 13.2. The molecule has 10 heteroatoms. The van der Waals surface area contributed by atoms with E-state index < -0.39 is 0 Å². The molecule has 6 rings (SSSR count). The van der Waals surface area contributed by atoms with E-state index in [1.165, 1.54) is 34.9 Å². The summed E-state index contributed by atoms with van der Waals surface area (Å²) in [6, 6.07) is 33.2. The summed E-state index contributed by atoms with van der Waals surface area (Å²) < 4.78 is 1.74. The van der Waals surface area contributed by atoms with Gasteiger partial charge in [0.15, 0.2) is 9.50 Å². The molecule has 3 N–H and O–H groups in total. The van der Waals surface area contributed by atoms with Gasteiger partial charge in [0.2, 0.25) is 11.8 Å². The molecule has 0 saturated heterocycles. The Labute approximate surface area is 255 Å². The largest absolute Gasteiger partial charge is 0.344 e. The lowest BCUT2D eigenvalue weighted by atomic mass is 9.99. The molecule has 0 aliphatic carbocycles. The molecule has 0 spiro atoms. The number of hydrogen-bond acceptors (Lipinski definition) is 7. The fourth-order valence-electron chi connectivity index (χ4n) is 4.47. The summed E-state index contributed by atoms with van der Waals surface area (Å²) in [6.07, 6.45) is 0. The molecule has 4 aromatic carbocycles. The number of fused-ring (bicyclic) bond motifs is 2. The number of carbonyl (C=O) groups is 2. The Bertz CT molecular complexity index is 1770. The SMILES string of the molecule is C[C@@H](Sc1nc2ccccc2[nH]1)C(=O)Nc1ccc2nc(SCC(=O)NC(c3ccccc3)c3ccccc3)sc2c1. The lowest BCUT2D eigenvalue weighted by Crippen LogP contribution is -2.30. The van der Waals surface area contributed by atoms with Crippen LogP contribution in [-0.4, -0.2) is 37.8 Å². The zero-order valence-electron chi connectivity index (χ0n) is 22.6. The number of anilines is 1. The fraction of sp³-hybridized carbons (Fsp3) is 0.125. The van der Waals surface area contributed by atoms with Gasteiger partial charge in [-0.2, -0.15) is 0 Å². The minimum Gasteiger partial charge on any atom is -0.344 e. The fourth-order valence-corrected chi connectivity index (χ4v) is 7.21. The van der Waals surface area contributed by atoms with Crippen LogP contribution in [0.25, 0.3) is 21.3 Å². The van der Waals surface area contributed by atoms with E-state index in [1.54, 1.807) is 0 Å². The number of rotatable bonds is 10. The summed E-state index contributed by atoms with van der Waals surface area (Å²) in [5.74, 6) is 0.0682. The minimum atomic E-state index is -0.344. The molecule has 0 fully saturated rings. The molecule has 210 valence electrons. The second-order valence-electron chi connectivity index (χ2n) is 9.58. The van der Waals surface area contributed by atoms with Crippen LogP contribution in [0.2, 0.25) is 0 Å². The highest BCUT2D eigenvalue weighted by atomic mass is 32.2. The number of benzene rings is 4. The molecule has 0 aliphatic heterocycles. The Morgan fingerprint density at radius 2 is 1.55 bits per heavy atom. The van der Waals surface area contributed by atoms with Gasteiger partial charge in [0, 0.05) is 5.69 Å². The van der Waals surface area contributed by atoms with Gasteiger partial charge >= 0.3 is 0 Å². The molecule has 0 radical (unpaired) electrons. The van der Waals surface area contributed by atoms with Crippen LogP contribution in [0.5, 0.6) is 0 Å². The van der Waals surface area contributed by atoms with E-state index in [0.29, 0.717) is 10.8 Å². The van der Waals surface area contributed by atoms with E-state index in [9.17, 15) is 9.59 Å². The van der Waals surface area contributed by atoms with Crippen molar-refractivity contribution >= 4 is 73.6 Å². The Hall–Kier alpha value is -4.12. The van der Waals surface area contributed by atoms with Gasteiger partial charge in [0.1, 0.15) is 0 Å². The van der Waals surface area contributed by atoms with Gasteiger partial charge in [0.05, 0.1) is 38.3 Å². The number of H-pyrrole nitrogens is 1. The molecule has 0 aliphatic rings. The predicted molar refractivity (Wildman–Crippen MR) is 173 cm³/mol. The van der Waals surface area contributed by atoms with Crippen LogP contribution in [0.1, 0.15) is 24.1 Å². The number of nitrogens with one attached hydrogen (secondary N) is 3. The molecule has 0 unspecified atom stereocenters. The molecule has 6 aromatic rings. The highest BCUT2D eigenvalue weighted by Crippen LogP contribution is 2.32. The zero-order valence-corrected chi connectivity index (χ0v) is 25.1. The van der Waals surface area contributed by atoms with E-state index in [0.717, 1.165) is 36.7 Å². The Morgan fingerprint density at radius 1 is 0.857 bits per heavy atom. The summed E-state index contributed by atoms with van der Waals surface area (Å²) in [6.45, 7) is 1.86. The van der Waals surface area contributed by atoms with E-state index in [2.05, 4.69) is 25.6 Å². The van der Waals surface area contributed by atoms with Gasteiger partial charge in [-0.3, -0.25) is 9.59 Å². The van der Waals surface area contributed by atoms with Crippen LogP contribution in [0.15, 0.2) is 113 Å². The first-order chi connectivity index (χ1) is 20.5. The normalized spacial score (nSPS) is 12.0. The van der Waals surface area contributed by atoms with Crippen LogP contribution in [0, 0.1) is 0 Å². The molecular weight excluding hydrogens is 583 g/mol. The number of nitrogens with zero attached hydrogens (tertiary/aromatic N) is 2. The highest BCUT2D eigenvalue weighted by molar-refractivity contribution is 8.01. The third-order valence-electron chi connectivity index (χ3n) is 6.56. The number of aromatic nitrogens is 3. The van der Waals surface area contributed by atoms with Crippen molar-refractivity contribution in [1.29, 1.82) is 0 Å². The summed E-state index contributed by atoms with van der Waals surface area (Å²) in [5, 5.41) is 6.55. The Balaban J connectivity index is 1.07. The molecule has 7 nitrogen and oxygen atoms in total. The van der Waals surface area contributed by atoms with Gasteiger partial charge in [-0.05, 0) is 48.4 Å². The smallest absolute Gasteiger partial charge is 0.237 e. The summed E-state index contributed by atoms with van der Waals surface area (Å²) in [7, 11) is 0. The number of carbonyl (C=O) groups excluding carboxylic acids is 2. The van der Waals surface area contributed by atoms with Crippen molar-refractivity contribution in [2.75, 3.05) is 11.1 Å². The van der Waals surface area contributed by atoms with Gasteiger partial charge in [-0.1, -0.05) is 96.3 Å². The standard InChI is InChI=1S/C32H27N5O2S3/c1-20(41-31-34-24-14-8-9-15-25(24)35-31)30(39)33-23-16-17-26-27(18-23)42-32(36-26)40-19-28(38)37-29(21-10-4-2-5-11-21)22-12-6-3-7-13-22/h2-18,20,29H,19H2,1H3,(H,33,39)(H,34,35)(H,37,38)/t20-/m1/s1. The molecule has 0 saturated carbocycles. The zero-order chi connectivity index (χ0) is 28.9. The summed E-state index contributed by atoms with van der Waals surface area (Å²) in [4.78, 5) is 38.4. The number of imidazole rings is 1. The van der Waals surface area contributed by atoms with E-state index in [-0.39, 0.29) is 28.9 Å². The highest BCUT2D eigenvalue weighted by Gasteiger charge is 2.19. The maximum atomic E-state index is 13.0. The van der Waals surface area contributed by atoms with Crippen LogP contribution >= 0.6 is 34.9 Å². The van der Waals surface area contributed by atoms with Crippen molar-refractivity contribution < 1.29 is 9.59 Å². The summed E-state index contributed by atoms with van der Waals surface area (Å²) >= 11 is 4.30. The van der Waals surface area contributed by atoms with Crippen LogP contribution in [-0.2, 0) is 9.59 Å². The summed E-state index contributed by atoms with van der Waals surface area (Å²) in [5.41, 5.74) is 5.42. The first-order valence-electron chi connectivity index (χ1n) is 13.4. The molecule has 2 aromatic heterocycles. The van der Waals surface area contributed by atoms with Crippen molar-refractivity contribution in [3.63, 3.8) is 0 Å². The maximum absolute atomic E-state index is 13.0. The number of hydrogen-bond donors (Lipinski definition) is 3. The second kappa shape index (κ2) is 12.8. The third-order valence-corrected chi connectivity index (χ3v) is 9.70. The predicted octanol–water partition coefficient (Wildman–Crippen LogP) is 7.29. The van der Waals surface area contributed by atoms with Crippen molar-refractivity contribution in [2.45, 2.75) is 27.7 Å². The Morgan fingerprint density at radius 3 is 2.26 bits per heavy atom. The van der Waals surface area contributed by atoms with Crippen LogP contribution in [0.4, 0.5) is 5.69 Å². The van der Waals surface area contributed by atoms with Crippen molar-refractivity contribution in [2.24, 2.45) is 0 Å². The number of thioether (sulfide) groups is 2. The third kappa shape index (κ3) is 6.67. The lowest BCUT2D eigenvalue weighted by molar-refractivity contribution is -0.119. The average Bonchev–Trinajstić information content (AvgIpc) is 3.62. The Kier molecular flexibility index (Phi) is 8.55. The lowest BCUT2D eigenvalue weighted by Gasteiger charge is -2.19. The van der Waals surface area contributed by atoms with Crippen LogP contribution in [0.3, 0.4) is 0 Å². The van der Waals surface area contributed by atoms with Crippen molar-refractivity contribution in [3.8, 4) is 0 Å². The monoisotopic (exact) mass is 609 g/mol. The van der Waals surface area contributed by atoms with Gasteiger partial charge in [-0.15, -0.1) is 11.3 Å². The van der Waals surface area contributed by atoms with Crippen LogP contribution < -0.4 is 10.6 Å². The van der Waals surface area contributed by atoms with Crippen molar-refractivity contribution in [3.05, 3.63) is 114 Å². The first-order valence-corrected chi connectivity index (χ1v) is 16.0. The van der Waals surface area contributed by atoms with Gasteiger partial charge in [-0.25, -0.2) is 9.97 Å². The molecule has 42 heavy (non-hydrogen) atoms. The van der Waals surface area contributed by atoms with E-state index in [1.807, 2.05) is 110 Å². The molecule has 1 atom stereocenters. The number of thiazole rings is 1. The van der Waals surface area contributed by atoms with Gasteiger partial charge < -0.3 is 15.6 Å². The minimum absolute atomic E-state index is 0.0687. The topological polar surface area (TPSA) is 99.8 Å². The number of aromatic amines is 1. The van der Waals surface area contributed by atoms with E-state index in [4.69, 9.17) is 0 Å². The van der Waals surface area contributed by atoms with E-state index >= 15 is 0 Å². The average molecular weight is 610 g/mol. The molecular formula is C32H27N5O2S3. The van der Waals surface area contributed by atoms with Crippen molar-refractivity contribution in [1.82, 2.24) is 20.3 Å².